The number of ether oxygens (including phenoxy) is 2. The van der Waals surface area contributed by atoms with E-state index in [0.29, 0.717) is 11.8 Å². The number of nitrogens with one attached hydrogen (secondary N) is 1. The van der Waals surface area contributed by atoms with Crippen LogP contribution in [0.4, 0.5) is 0 Å². The highest BCUT2D eigenvalue weighted by molar-refractivity contribution is 8.00. The highest BCUT2D eigenvalue weighted by Crippen LogP contribution is 2.29. The summed E-state index contributed by atoms with van der Waals surface area (Å²) in [5.41, 5.74) is 0. The molecule has 6 heteroatoms. The zero-order valence-corrected chi connectivity index (χ0v) is 15.9. The van der Waals surface area contributed by atoms with Crippen LogP contribution in [-0.2, 0) is 14.3 Å². The zero-order chi connectivity index (χ0) is 18.2. The lowest BCUT2D eigenvalue weighted by molar-refractivity contribution is -0.146. The molecule has 1 fully saturated rings. The first-order valence-corrected chi connectivity index (χ1v) is 9.70. The Bertz CT molecular complexity index is 575. The molecule has 0 bridgehead atoms. The van der Waals surface area contributed by atoms with Crippen molar-refractivity contribution in [1.29, 1.82) is 0 Å². The van der Waals surface area contributed by atoms with Crippen molar-refractivity contribution < 1.29 is 19.1 Å². The third-order valence-corrected chi connectivity index (χ3v) is 5.82. The number of benzene rings is 1. The Morgan fingerprint density at radius 3 is 2.60 bits per heavy atom. The van der Waals surface area contributed by atoms with Crippen molar-refractivity contribution in [3.05, 3.63) is 24.3 Å². The van der Waals surface area contributed by atoms with Crippen molar-refractivity contribution in [1.82, 2.24) is 5.32 Å². The third-order valence-electron chi connectivity index (χ3n) is 4.83. The molecule has 1 aromatic rings. The lowest BCUT2D eigenvalue weighted by Crippen LogP contribution is -2.45. The topological polar surface area (TPSA) is 64.6 Å². The number of rotatable bonds is 7. The van der Waals surface area contributed by atoms with Crippen LogP contribution in [0.3, 0.4) is 0 Å². The smallest absolute Gasteiger partial charge is 0.316 e. The van der Waals surface area contributed by atoms with Crippen LogP contribution < -0.4 is 10.1 Å². The number of esters is 1. The molecular formula is C19H27NO4S. The average Bonchev–Trinajstić information content (AvgIpc) is 2.62. The second kappa shape index (κ2) is 9.70. The van der Waals surface area contributed by atoms with Crippen LogP contribution in [0.2, 0.25) is 0 Å². The first-order valence-electron chi connectivity index (χ1n) is 8.71. The number of amides is 1. The minimum absolute atomic E-state index is 0.177. The molecule has 1 aromatic carbocycles. The summed E-state index contributed by atoms with van der Waals surface area (Å²) in [6.45, 7) is 4.19. The van der Waals surface area contributed by atoms with E-state index in [1.165, 1.54) is 18.2 Å². The van der Waals surface area contributed by atoms with Crippen molar-refractivity contribution in [2.75, 3.05) is 19.5 Å². The summed E-state index contributed by atoms with van der Waals surface area (Å²) in [4.78, 5) is 24.8. The first-order chi connectivity index (χ1) is 12.0. The molecule has 1 aliphatic carbocycles. The van der Waals surface area contributed by atoms with Gasteiger partial charge in [-0.2, -0.15) is 0 Å². The zero-order valence-electron chi connectivity index (χ0n) is 15.1. The van der Waals surface area contributed by atoms with Crippen molar-refractivity contribution in [3.8, 4) is 5.75 Å². The normalized spacial score (nSPS) is 22.9. The van der Waals surface area contributed by atoms with Gasteiger partial charge in [0.2, 0.25) is 0 Å². The number of hydrogen-bond acceptors (Lipinski definition) is 5. The molecule has 138 valence electrons. The van der Waals surface area contributed by atoms with E-state index in [4.69, 9.17) is 9.47 Å². The maximum atomic E-state index is 12.0. The molecule has 5 nitrogen and oxygen atoms in total. The summed E-state index contributed by atoms with van der Waals surface area (Å²) in [6, 6.07) is 7.63. The molecule has 0 aliphatic heterocycles. The fourth-order valence-electron chi connectivity index (χ4n) is 3.04. The van der Waals surface area contributed by atoms with E-state index < -0.39 is 0 Å². The van der Waals surface area contributed by atoms with Gasteiger partial charge in [-0.1, -0.05) is 26.7 Å². The Morgan fingerprint density at radius 2 is 1.92 bits per heavy atom. The predicted octanol–water partition coefficient (Wildman–Crippen LogP) is 3.27. The number of carbonyl (C=O) groups is 2. The maximum absolute atomic E-state index is 12.0. The predicted molar refractivity (Wildman–Crippen MR) is 98.8 cm³/mol. The van der Waals surface area contributed by atoms with Crippen LogP contribution in [0.15, 0.2) is 29.2 Å². The monoisotopic (exact) mass is 365 g/mol. The van der Waals surface area contributed by atoms with Gasteiger partial charge in [-0.15, -0.1) is 11.8 Å². The molecule has 25 heavy (non-hydrogen) atoms. The van der Waals surface area contributed by atoms with Gasteiger partial charge in [-0.05, 0) is 42.5 Å². The van der Waals surface area contributed by atoms with E-state index in [2.05, 4.69) is 19.2 Å². The summed E-state index contributed by atoms with van der Waals surface area (Å²) in [5, 5.41) is 3.00. The van der Waals surface area contributed by atoms with Gasteiger partial charge in [0.05, 0.1) is 12.9 Å². The van der Waals surface area contributed by atoms with Crippen LogP contribution in [0.1, 0.15) is 33.1 Å². The van der Waals surface area contributed by atoms with E-state index in [9.17, 15) is 9.59 Å². The van der Waals surface area contributed by atoms with E-state index in [1.54, 1.807) is 7.11 Å². The van der Waals surface area contributed by atoms with Gasteiger partial charge in [-0.25, -0.2) is 0 Å². The van der Waals surface area contributed by atoms with E-state index >= 15 is 0 Å². The molecular weight excluding hydrogens is 338 g/mol. The summed E-state index contributed by atoms with van der Waals surface area (Å²) in [7, 11) is 1.61. The summed E-state index contributed by atoms with van der Waals surface area (Å²) in [5.74, 6) is 1.42. The van der Waals surface area contributed by atoms with E-state index in [-0.39, 0.29) is 30.3 Å². The fraction of sp³-hybridized carbons (Fsp3) is 0.579. The Morgan fingerprint density at radius 1 is 1.20 bits per heavy atom. The quantitative estimate of drug-likeness (QED) is 0.593. The molecule has 0 saturated heterocycles. The van der Waals surface area contributed by atoms with Crippen LogP contribution in [0, 0.1) is 11.8 Å². The van der Waals surface area contributed by atoms with Gasteiger partial charge in [0, 0.05) is 10.9 Å². The summed E-state index contributed by atoms with van der Waals surface area (Å²) >= 11 is 1.37. The van der Waals surface area contributed by atoms with Crippen molar-refractivity contribution in [2.45, 2.75) is 44.0 Å². The minimum Gasteiger partial charge on any atom is -0.497 e. The third kappa shape index (κ3) is 6.27. The Labute approximate surface area is 153 Å². The van der Waals surface area contributed by atoms with Gasteiger partial charge >= 0.3 is 5.97 Å². The summed E-state index contributed by atoms with van der Waals surface area (Å²) in [6.07, 6.45) is 3.35. The van der Waals surface area contributed by atoms with Crippen LogP contribution in [-0.4, -0.2) is 37.4 Å². The number of thioether (sulfide) groups is 1. The standard InChI is InChI=1S/C19H27NO4S/c1-13-5-4-6-17(14(13)2)20-18(21)11-24-19(22)12-25-16-9-7-15(23-3)8-10-16/h7-10,13-14,17H,4-6,11-12H2,1-3H3,(H,20,21)/t13-,14+,17+/m0/s1. The SMILES string of the molecule is COc1ccc(SCC(=O)OCC(=O)N[C@@H]2CCC[C@H](C)[C@H]2C)cc1. The second-order valence-electron chi connectivity index (χ2n) is 6.57. The Kier molecular flexibility index (Phi) is 7.62. The molecule has 2 rings (SSSR count). The van der Waals surface area contributed by atoms with Gasteiger partial charge in [0.1, 0.15) is 5.75 Å². The molecule has 0 aromatic heterocycles. The highest BCUT2D eigenvalue weighted by Gasteiger charge is 2.28. The Balaban J connectivity index is 1.67. The van der Waals surface area contributed by atoms with Crippen LogP contribution in [0.25, 0.3) is 0 Å². The lowest BCUT2D eigenvalue weighted by atomic mass is 9.78. The van der Waals surface area contributed by atoms with Crippen molar-refractivity contribution in [3.63, 3.8) is 0 Å². The van der Waals surface area contributed by atoms with Gasteiger partial charge in [-0.3, -0.25) is 9.59 Å². The van der Waals surface area contributed by atoms with Crippen LogP contribution >= 0.6 is 11.8 Å². The van der Waals surface area contributed by atoms with Crippen molar-refractivity contribution >= 4 is 23.6 Å². The number of carbonyl (C=O) groups excluding carboxylic acids is 2. The van der Waals surface area contributed by atoms with Crippen LogP contribution in [0.5, 0.6) is 5.75 Å². The maximum Gasteiger partial charge on any atom is 0.316 e. The summed E-state index contributed by atoms with van der Waals surface area (Å²) < 4.78 is 10.2. The molecule has 3 atom stereocenters. The largest absolute Gasteiger partial charge is 0.497 e. The number of methoxy groups -OCH3 is 1. The van der Waals surface area contributed by atoms with E-state index in [0.717, 1.165) is 23.5 Å². The molecule has 1 amide bonds. The average molecular weight is 365 g/mol. The number of hydrogen-bond donors (Lipinski definition) is 1. The van der Waals surface area contributed by atoms with Gasteiger partial charge in [0.25, 0.3) is 5.91 Å². The molecule has 1 saturated carbocycles. The first kappa shape index (κ1) is 19.6. The lowest BCUT2D eigenvalue weighted by Gasteiger charge is -2.34. The molecule has 1 aliphatic rings. The van der Waals surface area contributed by atoms with Crippen molar-refractivity contribution in [2.24, 2.45) is 11.8 Å². The second-order valence-corrected chi connectivity index (χ2v) is 7.61. The molecule has 0 heterocycles. The molecule has 0 unspecified atom stereocenters. The minimum atomic E-state index is -0.388. The molecule has 1 N–H and O–H groups in total. The molecule has 0 spiro atoms. The Hall–Kier alpha value is -1.69. The highest BCUT2D eigenvalue weighted by atomic mass is 32.2. The van der Waals surface area contributed by atoms with Gasteiger partial charge in [0.15, 0.2) is 6.61 Å². The molecule has 0 radical (unpaired) electrons. The van der Waals surface area contributed by atoms with E-state index in [1.807, 2.05) is 24.3 Å². The fourth-order valence-corrected chi connectivity index (χ4v) is 3.73. The van der Waals surface area contributed by atoms with Gasteiger partial charge < -0.3 is 14.8 Å².